The van der Waals surface area contributed by atoms with E-state index >= 15 is 0 Å². The Labute approximate surface area is 125 Å². The van der Waals surface area contributed by atoms with Crippen LogP contribution in [0.25, 0.3) is 0 Å². The molecule has 6 heteroatoms. The van der Waals surface area contributed by atoms with Crippen molar-refractivity contribution in [1.29, 1.82) is 0 Å². The molecule has 108 valence electrons. The highest BCUT2D eigenvalue weighted by Gasteiger charge is 2.23. The second-order valence-corrected chi connectivity index (χ2v) is 5.55. The number of benzene rings is 1. The summed E-state index contributed by atoms with van der Waals surface area (Å²) in [6.45, 7) is 1.97. The van der Waals surface area contributed by atoms with Crippen LogP contribution in [-0.4, -0.2) is 15.8 Å². The summed E-state index contributed by atoms with van der Waals surface area (Å²) in [6, 6.07) is 4.34. The summed E-state index contributed by atoms with van der Waals surface area (Å²) in [5, 5.41) is 4.11. The van der Waals surface area contributed by atoms with Crippen LogP contribution in [0.15, 0.2) is 35.1 Å². The fourth-order valence-corrected chi connectivity index (χ4v) is 2.25. The van der Waals surface area contributed by atoms with Gasteiger partial charge in [0, 0.05) is 29.3 Å². The molecule has 2 atom stereocenters. The van der Waals surface area contributed by atoms with E-state index in [1.807, 2.05) is 20.2 Å². The van der Waals surface area contributed by atoms with Gasteiger partial charge in [0.2, 0.25) is 0 Å². The molecule has 0 aliphatic rings. The summed E-state index contributed by atoms with van der Waals surface area (Å²) < 4.78 is 22.0. The third kappa shape index (κ3) is 3.37. The number of nitrogens with zero attached hydrogens (tertiary/aromatic N) is 2. The van der Waals surface area contributed by atoms with E-state index in [2.05, 4.69) is 21.0 Å². The van der Waals surface area contributed by atoms with Gasteiger partial charge in [-0.15, -0.1) is 0 Å². The van der Waals surface area contributed by atoms with Crippen molar-refractivity contribution in [3.63, 3.8) is 0 Å². The molecule has 4 nitrogen and oxygen atoms in total. The molecule has 0 radical (unpaired) electrons. The minimum Gasteiger partial charge on any atom is -0.481 e. The molecule has 0 fully saturated rings. The van der Waals surface area contributed by atoms with Crippen LogP contribution >= 0.6 is 15.9 Å². The second kappa shape index (κ2) is 6.37. The van der Waals surface area contributed by atoms with E-state index in [1.54, 1.807) is 23.0 Å². The highest BCUT2D eigenvalue weighted by Crippen LogP contribution is 2.29. The predicted molar refractivity (Wildman–Crippen MR) is 78.9 cm³/mol. The van der Waals surface area contributed by atoms with E-state index in [9.17, 15) is 4.39 Å². The zero-order chi connectivity index (χ0) is 14.7. The summed E-state index contributed by atoms with van der Waals surface area (Å²) >= 11 is 3.31. The Morgan fingerprint density at radius 1 is 1.50 bits per heavy atom. The molecular formula is C14H17BrFN3O. The number of rotatable bonds is 5. The SMILES string of the molecule is CCC(N)C(Oc1cc(Br)ccc1F)c1cnn(C)c1. The van der Waals surface area contributed by atoms with Crippen LogP contribution in [0.1, 0.15) is 25.0 Å². The minimum atomic E-state index is -0.433. The maximum absolute atomic E-state index is 13.8. The monoisotopic (exact) mass is 341 g/mol. The first-order valence-electron chi connectivity index (χ1n) is 6.37. The van der Waals surface area contributed by atoms with E-state index in [4.69, 9.17) is 10.5 Å². The van der Waals surface area contributed by atoms with Crippen LogP contribution in [0, 0.1) is 5.82 Å². The minimum absolute atomic E-state index is 0.178. The Bertz CT molecular complexity index is 588. The average Bonchev–Trinajstić information content (AvgIpc) is 2.85. The first-order chi connectivity index (χ1) is 9.51. The maximum Gasteiger partial charge on any atom is 0.165 e. The molecule has 2 rings (SSSR count). The third-order valence-electron chi connectivity index (χ3n) is 3.06. The molecule has 1 aromatic heterocycles. The highest BCUT2D eigenvalue weighted by atomic mass is 79.9. The van der Waals surface area contributed by atoms with E-state index in [1.165, 1.54) is 6.07 Å². The largest absolute Gasteiger partial charge is 0.481 e. The van der Waals surface area contributed by atoms with Gasteiger partial charge in [0.05, 0.1) is 6.20 Å². The average molecular weight is 342 g/mol. The van der Waals surface area contributed by atoms with E-state index in [0.717, 1.165) is 16.5 Å². The Morgan fingerprint density at radius 2 is 2.25 bits per heavy atom. The molecule has 1 aromatic carbocycles. The van der Waals surface area contributed by atoms with Crippen molar-refractivity contribution < 1.29 is 9.13 Å². The molecule has 0 aliphatic heterocycles. The summed E-state index contributed by atoms with van der Waals surface area (Å²) in [4.78, 5) is 0. The number of nitrogens with two attached hydrogens (primary N) is 1. The summed E-state index contributed by atoms with van der Waals surface area (Å²) in [7, 11) is 1.82. The first kappa shape index (κ1) is 15.0. The molecule has 2 N–H and O–H groups in total. The second-order valence-electron chi connectivity index (χ2n) is 4.63. The molecule has 0 spiro atoms. The van der Waals surface area contributed by atoms with Gasteiger partial charge < -0.3 is 10.5 Å². The molecule has 1 heterocycles. The summed E-state index contributed by atoms with van der Waals surface area (Å²) in [5.41, 5.74) is 6.93. The van der Waals surface area contributed by atoms with Crippen molar-refractivity contribution in [3.8, 4) is 5.75 Å². The lowest BCUT2D eigenvalue weighted by Gasteiger charge is -2.23. The van der Waals surface area contributed by atoms with Crippen molar-refractivity contribution in [1.82, 2.24) is 9.78 Å². The number of halogens is 2. The topological polar surface area (TPSA) is 53.1 Å². The van der Waals surface area contributed by atoms with Gasteiger partial charge in [-0.05, 0) is 24.6 Å². The lowest BCUT2D eigenvalue weighted by molar-refractivity contribution is 0.163. The summed E-state index contributed by atoms with van der Waals surface area (Å²) in [6.07, 6.45) is 3.80. The molecule has 0 bridgehead atoms. The Hall–Kier alpha value is -1.40. The van der Waals surface area contributed by atoms with Gasteiger partial charge in [-0.3, -0.25) is 4.68 Å². The van der Waals surface area contributed by atoms with Gasteiger partial charge in [0.15, 0.2) is 11.6 Å². The number of aromatic nitrogens is 2. The van der Waals surface area contributed by atoms with Crippen LogP contribution < -0.4 is 10.5 Å². The Morgan fingerprint density at radius 3 is 2.85 bits per heavy atom. The van der Waals surface area contributed by atoms with Gasteiger partial charge >= 0.3 is 0 Å². The maximum atomic E-state index is 13.8. The molecule has 0 amide bonds. The fraction of sp³-hybridized carbons (Fsp3) is 0.357. The van der Waals surface area contributed by atoms with Gasteiger partial charge in [-0.25, -0.2) is 4.39 Å². The van der Waals surface area contributed by atoms with Gasteiger partial charge in [-0.2, -0.15) is 5.10 Å². The number of aryl methyl sites for hydroxylation is 1. The number of ether oxygens (including phenoxy) is 1. The van der Waals surface area contributed by atoms with Crippen LogP contribution in [0.4, 0.5) is 4.39 Å². The van der Waals surface area contributed by atoms with Crippen molar-refractivity contribution in [2.45, 2.75) is 25.5 Å². The zero-order valence-corrected chi connectivity index (χ0v) is 13.0. The first-order valence-corrected chi connectivity index (χ1v) is 7.16. The van der Waals surface area contributed by atoms with Crippen molar-refractivity contribution in [3.05, 3.63) is 46.4 Å². The molecule has 0 saturated heterocycles. The van der Waals surface area contributed by atoms with Crippen LogP contribution in [0.5, 0.6) is 5.75 Å². The lowest BCUT2D eigenvalue weighted by atomic mass is 10.0. The van der Waals surface area contributed by atoms with Crippen molar-refractivity contribution in [2.75, 3.05) is 0 Å². The normalized spacial score (nSPS) is 14.1. The molecule has 2 unspecified atom stereocenters. The number of hydrogen-bond donors (Lipinski definition) is 1. The van der Waals surface area contributed by atoms with E-state index in [-0.39, 0.29) is 11.8 Å². The quantitative estimate of drug-likeness (QED) is 0.908. The van der Waals surface area contributed by atoms with Gasteiger partial charge in [0.25, 0.3) is 0 Å². The van der Waals surface area contributed by atoms with Crippen LogP contribution in [0.3, 0.4) is 0 Å². The molecule has 20 heavy (non-hydrogen) atoms. The lowest BCUT2D eigenvalue weighted by Crippen LogP contribution is -2.31. The van der Waals surface area contributed by atoms with Crippen LogP contribution in [0.2, 0.25) is 0 Å². The Balaban J connectivity index is 2.30. The van der Waals surface area contributed by atoms with Gasteiger partial charge in [0.1, 0.15) is 6.10 Å². The zero-order valence-electron chi connectivity index (χ0n) is 11.4. The Kier molecular flexibility index (Phi) is 4.77. The molecule has 0 aliphatic carbocycles. The van der Waals surface area contributed by atoms with Crippen molar-refractivity contribution >= 4 is 15.9 Å². The summed E-state index contributed by atoms with van der Waals surface area (Å²) in [5.74, 6) is -0.234. The van der Waals surface area contributed by atoms with Crippen LogP contribution in [-0.2, 0) is 7.05 Å². The fourth-order valence-electron chi connectivity index (χ4n) is 1.91. The molecular weight excluding hydrogens is 325 g/mol. The molecule has 0 saturated carbocycles. The predicted octanol–water partition coefficient (Wildman–Crippen LogP) is 3.18. The third-order valence-corrected chi connectivity index (χ3v) is 3.55. The van der Waals surface area contributed by atoms with E-state index in [0.29, 0.717) is 0 Å². The highest BCUT2D eigenvalue weighted by molar-refractivity contribution is 9.10. The van der Waals surface area contributed by atoms with E-state index < -0.39 is 11.9 Å². The van der Waals surface area contributed by atoms with Crippen molar-refractivity contribution in [2.24, 2.45) is 12.8 Å². The smallest absolute Gasteiger partial charge is 0.165 e. The molecule has 2 aromatic rings. The number of hydrogen-bond acceptors (Lipinski definition) is 3. The standard InChI is InChI=1S/C14H17BrFN3O/c1-3-12(17)14(9-7-18-19(2)8-9)20-13-6-10(15)4-5-11(13)16/h4-8,12,14H,3,17H2,1-2H3. The van der Waals surface area contributed by atoms with Gasteiger partial charge in [-0.1, -0.05) is 22.9 Å².